The van der Waals surface area contributed by atoms with Crippen LogP contribution in [0.25, 0.3) is 10.2 Å². The van der Waals surface area contributed by atoms with Crippen molar-refractivity contribution >= 4 is 21.6 Å². The quantitative estimate of drug-likeness (QED) is 0.409. The third kappa shape index (κ3) is 5.94. The molecule has 2 aromatic carbocycles. The highest BCUT2D eigenvalue weighted by molar-refractivity contribution is 7.16. The van der Waals surface area contributed by atoms with Crippen LogP contribution < -0.4 is 14.9 Å². The summed E-state index contributed by atoms with van der Waals surface area (Å²) in [5, 5.41) is 14.3. The first-order valence-electron chi connectivity index (χ1n) is 10.6. The zero-order chi connectivity index (χ0) is 21.7. The Kier molecular flexibility index (Phi) is 7.34. The number of aliphatic hydroxyl groups excluding tert-OH is 1. The molecule has 0 amide bonds. The van der Waals surface area contributed by atoms with Crippen LogP contribution in [0.2, 0.25) is 0 Å². The molecule has 0 unspecified atom stereocenters. The van der Waals surface area contributed by atoms with E-state index in [2.05, 4.69) is 43.2 Å². The van der Waals surface area contributed by atoms with Crippen LogP contribution in [0, 0.1) is 6.92 Å². The van der Waals surface area contributed by atoms with Gasteiger partial charge in [-0.3, -0.25) is 4.79 Å². The highest BCUT2D eigenvalue weighted by Gasteiger charge is 2.21. The summed E-state index contributed by atoms with van der Waals surface area (Å²) in [5.74, 6) is 0.905. The predicted octanol–water partition coefficient (Wildman–Crippen LogP) is 4.72. The van der Waals surface area contributed by atoms with Crippen LogP contribution in [0.4, 0.5) is 0 Å². The Bertz CT molecular complexity index is 1020. The molecule has 0 aliphatic carbocycles. The van der Waals surface area contributed by atoms with Crippen molar-refractivity contribution in [3.05, 3.63) is 62.8 Å². The molecule has 0 saturated carbocycles. The molecule has 6 heteroatoms. The van der Waals surface area contributed by atoms with Crippen molar-refractivity contribution in [3.63, 3.8) is 0 Å². The van der Waals surface area contributed by atoms with Crippen LogP contribution in [-0.2, 0) is 6.42 Å². The third-order valence-corrected chi connectivity index (χ3v) is 6.11. The van der Waals surface area contributed by atoms with Crippen molar-refractivity contribution < 1.29 is 9.84 Å². The highest BCUT2D eigenvalue weighted by atomic mass is 32.1. The van der Waals surface area contributed by atoms with E-state index in [1.54, 1.807) is 0 Å². The molecule has 0 aliphatic heterocycles. The second-order valence-corrected chi connectivity index (χ2v) is 9.53. The average molecular weight is 429 g/mol. The molecule has 3 aromatic rings. The number of ether oxygens (including phenoxy) is 1. The normalized spacial score (nSPS) is 13.0. The number of fused-ring (bicyclic) bond motifs is 1. The predicted molar refractivity (Wildman–Crippen MR) is 125 cm³/mol. The fraction of sp³-hybridized carbons (Fsp3) is 0.458. The van der Waals surface area contributed by atoms with Gasteiger partial charge >= 0.3 is 4.87 Å². The number of hydrogen-bond acceptors (Lipinski definition) is 5. The van der Waals surface area contributed by atoms with Gasteiger partial charge in [0.1, 0.15) is 5.75 Å². The third-order valence-electron chi connectivity index (χ3n) is 5.16. The first kappa shape index (κ1) is 22.5. The Morgan fingerprint density at radius 1 is 1.23 bits per heavy atom. The largest absolute Gasteiger partial charge is 0.494 e. The molecular formula is C24H32N2O3S. The number of rotatable bonds is 10. The molecule has 3 rings (SSSR count). The second kappa shape index (κ2) is 9.77. The molecule has 5 nitrogen and oxygen atoms in total. The number of β-amino-alcohol motifs (C(OH)–C–C–N with tert-alkyl or cyclic N) is 1. The molecule has 30 heavy (non-hydrogen) atoms. The van der Waals surface area contributed by atoms with Crippen LogP contribution in [-0.4, -0.2) is 28.8 Å². The summed E-state index contributed by atoms with van der Waals surface area (Å²) < 4.78 is 6.56. The van der Waals surface area contributed by atoms with Gasteiger partial charge in [0.25, 0.3) is 0 Å². The minimum Gasteiger partial charge on any atom is -0.494 e. The number of aromatic nitrogens is 1. The van der Waals surface area contributed by atoms with Gasteiger partial charge in [-0.2, -0.15) is 0 Å². The fourth-order valence-corrected chi connectivity index (χ4v) is 4.46. The van der Waals surface area contributed by atoms with Crippen LogP contribution in [0.15, 0.2) is 41.2 Å². The number of nitrogens with one attached hydrogen (secondary N) is 2. The monoisotopic (exact) mass is 428 g/mol. The SMILES string of the molecule is CCCCOc1ccc(CC(C)(C)NC[C@H](O)c2cc(C)cc3[nH]c(=O)sc23)cc1. The van der Waals surface area contributed by atoms with E-state index >= 15 is 0 Å². The zero-order valence-corrected chi connectivity index (χ0v) is 19.1. The topological polar surface area (TPSA) is 74.3 Å². The number of aryl methyl sites for hydroxylation is 1. The van der Waals surface area contributed by atoms with Crippen molar-refractivity contribution in [2.75, 3.05) is 13.2 Å². The Hall–Kier alpha value is -2.15. The number of aromatic amines is 1. The number of hydrogen-bond donors (Lipinski definition) is 3. The fourth-order valence-electron chi connectivity index (χ4n) is 3.58. The molecule has 3 N–H and O–H groups in total. The van der Waals surface area contributed by atoms with Crippen LogP contribution in [0.5, 0.6) is 5.75 Å². The van der Waals surface area contributed by atoms with E-state index in [-0.39, 0.29) is 10.4 Å². The Balaban J connectivity index is 1.61. The molecule has 0 saturated heterocycles. The van der Waals surface area contributed by atoms with Crippen molar-refractivity contribution in [1.82, 2.24) is 10.3 Å². The van der Waals surface area contributed by atoms with Crippen molar-refractivity contribution in [3.8, 4) is 5.75 Å². The molecule has 162 valence electrons. The summed E-state index contributed by atoms with van der Waals surface area (Å²) in [4.78, 5) is 14.5. The summed E-state index contributed by atoms with van der Waals surface area (Å²) >= 11 is 1.15. The standard InChI is InChI=1S/C24H32N2O3S/c1-5-6-11-29-18-9-7-17(8-10-18)14-24(3,4)25-15-21(27)19-12-16(2)13-20-22(19)30-23(28)26-20/h7-10,12-13,21,25,27H,5-6,11,14-15H2,1-4H3,(H,26,28)/t21-/m0/s1. The van der Waals surface area contributed by atoms with Gasteiger partial charge in [0, 0.05) is 17.6 Å². The molecule has 0 spiro atoms. The molecular weight excluding hydrogens is 396 g/mol. The second-order valence-electron chi connectivity index (χ2n) is 8.55. The summed E-state index contributed by atoms with van der Waals surface area (Å²) in [7, 11) is 0. The van der Waals surface area contributed by atoms with E-state index in [4.69, 9.17) is 4.74 Å². The lowest BCUT2D eigenvalue weighted by Gasteiger charge is -2.28. The lowest BCUT2D eigenvalue weighted by atomic mass is 9.94. The molecule has 0 aliphatic rings. The summed E-state index contributed by atoms with van der Waals surface area (Å²) in [6, 6.07) is 12.1. The van der Waals surface area contributed by atoms with Gasteiger partial charge in [-0.1, -0.05) is 42.9 Å². The van der Waals surface area contributed by atoms with Gasteiger partial charge in [-0.05, 0) is 62.9 Å². The lowest BCUT2D eigenvalue weighted by Crippen LogP contribution is -2.43. The number of unbranched alkanes of at least 4 members (excludes halogenated alkanes) is 1. The summed E-state index contributed by atoms with van der Waals surface area (Å²) in [5.41, 5.74) is 3.63. The van der Waals surface area contributed by atoms with E-state index in [9.17, 15) is 9.90 Å². The average Bonchev–Trinajstić information content (AvgIpc) is 3.06. The van der Waals surface area contributed by atoms with Gasteiger partial charge in [0.05, 0.1) is 22.9 Å². The zero-order valence-electron chi connectivity index (χ0n) is 18.2. The van der Waals surface area contributed by atoms with Crippen LogP contribution >= 0.6 is 11.3 Å². The Morgan fingerprint density at radius 2 is 1.97 bits per heavy atom. The molecule has 0 radical (unpaired) electrons. The number of thiazole rings is 1. The number of H-pyrrole nitrogens is 1. The summed E-state index contributed by atoms with van der Waals surface area (Å²) in [6.45, 7) is 9.55. The molecule has 1 atom stereocenters. The van der Waals surface area contributed by atoms with Gasteiger partial charge in [0.15, 0.2) is 0 Å². The minimum absolute atomic E-state index is 0.0977. The molecule has 1 heterocycles. The van der Waals surface area contributed by atoms with E-state index in [0.717, 1.165) is 64.3 Å². The van der Waals surface area contributed by atoms with Crippen LogP contribution in [0.1, 0.15) is 56.4 Å². The van der Waals surface area contributed by atoms with Gasteiger partial charge in [0.2, 0.25) is 0 Å². The Labute approximate surface area is 182 Å². The maximum atomic E-state index is 11.7. The molecule has 0 fully saturated rings. The van der Waals surface area contributed by atoms with Crippen molar-refractivity contribution in [2.24, 2.45) is 0 Å². The van der Waals surface area contributed by atoms with E-state index < -0.39 is 6.10 Å². The highest BCUT2D eigenvalue weighted by Crippen LogP contribution is 2.27. The lowest BCUT2D eigenvalue weighted by molar-refractivity contribution is 0.162. The van der Waals surface area contributed by atoms with Gasteiger partial charge in [-0.15, -0.1) is 0 Å². The molecule has 0 bridgehead atoms. The maximum Gasteiger partial charge on any atom is 0.305 e. The van der Waals surface area contributed by atoms with Gasteiger partial charge < -0.3 is 20.1 Å². The minimum atomic E-state index is -0.688. The number of aliphatic hydroxyl groups is 1. The van der Waals surface area contributed by atoms with Gasteiger partial charge in [-0.25, -0.2) is 0 Å². The van der Waals surface area contributed by atoms with Crippen molar-refractivity contribution in [2.45, 2.75) is 58.6 Å². The maximum absolute atomic E-state index is 11.7. The number of benzene rings is 2. The van der Waals surface area contributed by atoms with E-state index in [0.29, 0.717) is 6.54 Å². The Morgan fingerprint density at radius 3 is 2.67 bits per heavy atom. The smallest absolute Gasteiger partial charge is 0.305 e. The first-order chi connectivity index (χ1) is 14.3. The first-order valence-corrected chi connectivity index (χ1v) is 11.4. The van der Waals surface area contributed by atoms with E-state index in [1.807, 2.05) is 31.2 Å². The van der Waals surface area contributed by atoms with Crippen molar-refractivity contribution in [1.29, 1.82) is 0 Å². The van der Waals surface area contributed by atoms with Crippen LogP contribution in [0.3, 0.4) is 0 Å². The van der Waals surface area contributed by atoms with E-state index in [1.165, 1.54) is 5.56 Å². The molecule has 1 aromatic heterocycles. The summed E-state index contributed by atoms with van der Waals surface area (Å²) in [6.07, 6.45) is 2.33.